The van der Waals surface area contributed by atoms with Gasteiger partial charge < -0.3 is 61.6 Å². The lowest BCUT2D eigenvalue weighted by Crippen LogP contribution is -2.57. The van der Waals surface area contributed by atoms with Crippen molar-refractivity contribution >= 4 is 59.9 Å². The Hall–Kier alpha value is -6.37. The molecule has 4 bridgehead atoms. The Morgan fingerprint density at radius 3 is 2.21 bits per heavy atom. The molecule has 24 heteroatoms. The van der Waals surface area contributed by atoms with Gasteiger partial charge in [-0.05, 0) is 103 Å². The number of ether oxygens (including phenoxy) is 3. The van der Waals surface area contributed by atoms with Crippen LogP contribution in [0.25, 0.3) is 11.3 Å². The summed E-state index contributed by atoms with van der Waals surface area (Å²) in [5.74, 6) is -2.66. The number of thiol groups is 1. The van der Waals surface area contributed by atoms with Gasteiger partial charge in [0.2, 0.25) is 35.5 Å². The number of hydrogen-bond acceptors (Lipinski definition) is 16. The highest BCUT2D eigenvalue weighted by atomic mass is 32.1. The minimum atomic E-state index is -1.23. The normalized spacial score (nSPS) is 15.4. The van der Waals surface area contributed by atoms with Crippen LogP contribution in [-0.4, -0.2) is 176 Å². The zero-order chi connectivity index (χ0) is 55.4. The van der Waals surface area contributed by atoms with E-state index in [0.29, 0.717) is 81.4 Å². The van der Waals surface area contributed by atoms with Crippen LogP contribution in [0.15, 0.2) is 42.6 Å². The predicted molar refractivity (Wildman–Crippen MR) is 283 cm³/mol. The number of benzene rings is 2. The summed E-state index contributed by atoms with van der Waals surface area (Å²) in [4.78, 5) is 90.3. The van der Waals surface area contributed by atoms with Crippen molar-refractivity contribution in [3.8, 4) is 22.8 Å². The SMILES string of the molecule is CC(C)[C@H](NC(=O)[C@@H]1CCCN1C(=O)[C@H](CC(N)=O)NC(=O)CN(C)CCN(C)CCN(C)CCNC(=O)OC(C)(C)C)C(N)=O.Fc1ccc2c(c1)OCCCCOc1cc(CS)cc(c1)Nc1ncc(F)c-2n1. The molecule has 0 saturated carbocycles. The molecule has 2 aliphatic heterocycles. The van der Waals surface area contributed by atoms with E-state index >= 15 is 0 Å². The first-order valence-corrected chi connectivity index (χ1v) is 25.7. The highest BCUT2D eigenvalue weighted by Gasteiger charge is 2.39. The molecule has 1 aromatic heterocycles. The summed E-state index contributed by atoms with van der Waals surface area (Å²) in [5.41, 5.74) is 12.3. The molecule has 0 unspecified atom stereocenters. The number of alkyl carbamates (subject to hydrolysis) is 1. The number of likely N-dealkylation sites (N-methyl/N-ethyl adjacent to an activating group) is 3. The Balaban J connectivity index is 0.000000356. The molecule has 2 aromatic carbocycles. The van der Waals surface area contributed by atoms with Crippen LogP contribution in [-0.2, 0) is 34.5 Å². The summed E-state index contributed by atoms with van der Waals surface area (Å²) >= 11 is 4.34. The first kappa shape index (κ1) is 61.2. The first-order valence-electron chi connectivity index (χ1n) is 25.0. The van der Waals surface area contributed by atoms with Crippen molar-refractivity contribution in [1.82, 2.24) is 45.5 Å². The number of carbonyl (C=O) groups is 6. The fraction of sp³-hybridized carbons (Fsp3) is 0.569. The summed E-state index contributed by atoms with van der Waals surface area (Å²) in [5, 5.41) is 11.1. The molecule has 21 nitrogen and oxygen atoms in total. The molecule has 0 aliphatic carbocycles. The molecular weight excluding hydrogens is 995 g/mol. The van der Waals surface area contributed by atoms with Crippen LogP contribution < -0.4 is 42.2 Å². The maximum absolute atomic E-state index is 14.5. The maximum Gasteiger partial charge on any atom is 0.407 e. The quantitative estimate of drug-likeness (QED) is 0.0800. The van der Waals surface area contributed by atoms with Crippen molar-refractivity contribution < 1.29 is 51.8 Å². The number of fused-ring (bicyclic) bond motifs is 6. The number of halogens is 2. The van der Waals surface area contributed by atoms with Crippen LogP contribution in [0.1, 0.15) is 72.3 Å². The molecule has 6 amide bonds. The molecule has 75 heavy (non-hydrogen) atoms. The highest BCUT2D eigenvalue weighted by molar-refractivity contribution is 7.79. The van der Waals surface area contributed by atoms with Crippen molar-refractivity contribution in [2.24, 2.45) is 17.4 Å². The Morgan fingerprint density at radius 1 is 0.907 bits per heavy atom. The third kappa shape index (κ3) is 21.1. The van der Waals surface area contributed by atoms with Crippen molar-refractivity contribution in [3.05, 3.63) is 59.8 Å². The number of carbonyl (C=O) groups excluding carboxylic acids is 6. The number of primary amides is 2. The van der Waals surface area contributed by atoms with Crippen LogP contribution in [0, 0.1) is 17.6 Å². The zero-order valence-electron chi connectivity index (χ0n) is 44.4. The Kier molecular flexibility index (Phi) is 24.2. The van der Waals surface area contributed by atoms with Gasteiger partial charge in [-0.2, -0.15) is 12.6 Å². The predicted octanol–water partition coefficient (Wildman–Crippen LogP) is 3.43. The first-order chi connectivity index (χ1) is 35.4. The zero-order valence-corrected chi connectivity index (χ0v) is 45.3. The second-order valence-corrected chi connectivity index (χ2v) is 20.3. The summed E-state index contributed by atoms with van der Waals surface area (Å²) in [6, 6.07) is 6.61. The van der Waals surface area contributed by atoms with Gasteiger partial charge in [0.1, 0.15) is 46.7 Å². The lowest BCUT2D eigenvalue weighted by Gasteiger charge is -2.30. The molecule has 0 spiro atoms. The number of aromatic nitrogens is 2. The summed E-state index contributed by atoms with van der Waals surface area (Å²) in [6.45, 7) is 13.9. The molecule has 3 atom stereocenters. The molecule has 0 radical (unpaired) electrons. The average Bonchev–Trinajstić information content (AvgIpc) is 3.83. The lowest BCUT2D eigenvalue weighted by atomic mass is 10.0. The van der Waals surface area contributed by atoms with Gasteiger partial charge in [-0.15, -0.1) is 0 Å². The highest BCUT2D eigenvalue weighted by Crippen LogP contribution is 2.33. The van der Waals surface area contributed by atoms with Crippen LogP contribution in [0.2, 0.25) is 0 Å². The number of rotatable bonds is 20. The number of nitrogens with one attached hydrogen (secondary N) is 4. The van der Waals surface area contributed by atoms with E-state index in [2.05, 4.69) is 53.7 Å². The number of amides is 6. The van der Waals surface area contributed by atoms with Crippen molar-refractivity contribution in [2.75, 3.05) is 92.0 Å². The van der Waals surface area contributed by atoms with E-state index in [0.717, 1.165) is 31.3 Å². The molecule has 414 valence electrons. The number of likely N-dealkylation sites (tertiary alicyclic amines) is 1. The monoisotopic (exact) mass is 1070 g/mol. The number of hydrogen-bond donors (Lipinski definition) is 7. The van der Waals surface area contributed by atoms with Gasteiger partial charge in [0.25, 0.3) is 0 Å². The lowest BCUT2D eigenvalue weighted by molar-refractivity contribution is -0.143. The van der Waals surface area contributed by atoms with Crippen LogP contribution in [0.5, 0.6) is 11.5 Å². The Labute approximate surface area is 443 Å². The number of anilines is 2. The molecule has 8 N–H and O–H groups in total. The van der Waals surface area contributed by atoms with E-state index in [1.807, 2.05) is 53.1 Å². The second kappa shape index (κ2) is 29.6. The van der Waals surface area contributed by atoms with Crippen molar-refractivity contribution in [1.29, 1.82) is 0 Å². The Morgan fingerprint density at radius 2 is 1.57 bits per heavy atom. The van der Waals surface area contributed by atoms with E-state index in [1.165, 1.54) is 23.1 Å². The van der Waals surface area contributed by atoms with Gasteiger partial charge in [-0.3, -0.25) is 28.9 Å². The minimum absolute atomic E-state index is 0.0226. The van der Waals surface area contributed by atoms with E-state index < -0.39 is 77.4 Å². The standard InChI is InChI=1S/C30H57N9O7.C21H19F2N3O2S/c1-20(2)25(26(32)42)35-27(43)22-10-9-12-39(22)28(44)21(18-23(31)40)34-24(41)19-38(8)17-16-37(7)15-14-36(6)13-11-33-29(45)46-30(3,4)5;22-14-3-4-17-19(9-14)28-6-2-1-5-27-16-8-13(12-29)7-15(10-16)25-21-24-11-18(23)20(17)26-21/h20-22,25H,9-19H2,1-8H3,(H2,31,40)(H2,32,42)(H,33,45)(H,34,41)(H,35,43);3-4,7-11,29H,1-2,5-6,12H2,(H,24,25,26)/t21-,22-,25-;/m0./s1. The molecular formula is C51H76F2N12O9S. The average molecular weight is 1070 g/mol. The fourth-order valence-electron chi connectivity index (χ4n) is 7.89. The summed E-state index contributed by atoms with van der Waals surface area (Å²) < 4.78 is 45.1. The summed E-state index contributed by atoms with van der Waals surface area (Å²) in [7, 11) is 5.71. The molecule has 3 aromatic rings. The topological polar surface area (TPSA) is 269 Å². The van der Waals surface area contributed by atoms with Gasteiger partial charge in [0.15, 0.2) is 5.82 Å². The van der Waals surface area contributed by atoms with Gasteiger partial charge in [0.05, 0.1) is 32.4 Å². The fourth-order valence-corrected chi connectivity index (χ4v) is 8.08. The summed E-state index contributed by atoms with van der Waals surface area (Å²) in [6.07, 6.45) is 2.58. The second-order valence-electron chi connectivity index (χ2n) is 20.0. The van der Waals surface area contributed by atoms with Crippen LogP contribution >= 0.6 is 12.6 Å². The van der Waals surface area contributed by atoms with E-state index in [4.69, 9.17) is 25.7 Å². The van der Waals surface area contributed by atoms with Gasteiger partial charge in [0, 0.05) is 74.9 Å². The van der Waals surface area contributed by atoms with E-state index in [1.54, 1.807) is 25.8 Å². The third-order valence-electron chi connectivity index (χ3n) is 11.9. The molecule has 2 aliphatic rings. The van der Waals surface area contributed by atoms with Gasteiger partial charge in [-0.25, -0.2) is 23.5 Å². The molecule has 3 heterocycles. The molecule has 1 fully saturated rings. The Bertz CT molecular complexity index is 2420. The van der Waals surface area contributed by atoms with E-state index in [9.17, 15) is 37.5 Å². The minimum Gasteiger partial charge on any atom is -0.494 e. The van der Waals surface area contributed by atoms with Gasteiger partial charge in [-0.1, -0.05) is 13.8 Å². The van der Waals surface area contributed by atoms with E-state index in [-0.39, 0.29) is 36.4 Å². The molecule has 1 saturated heterocycles. The van der Waals surface area contributed by atoms with Crippen LogP contribution in [0.3, 0.4) is 0 Å². The number of nitrogens with two attached hydrogens (primary N) is 2. The number of nitrogens with zero attached hydrogens (tertiary/aromatic N) is 6. The largest absolute Gasteiger partial charge is 0.494 e. The third-order valence-corrected chi connectivity index (χ3v) is 12.2. The maximum atomic E-state index is 14.5. The van der Waals surface area contributed by atoms with Gasteiger partial charge >= 0.3 is 6.09 Å². The smallest absolute Gasteiger partial charge is 0.407 e. The van der Waals surface area contributed by atoms with Crippen LogP contribution in [0.4, 0.5) is 25.2 Å². The molecule has 5 rings (SSSR count). The van der Waals surface area contributed by atoms with Crippen molar-refractivity contribution in [2.45, 2.75) is 96.2 Å². The van der Waals surface area contributed by atoms with Crippen molar-refractivity contribution in [3.63, 3.8) is 0 Å².